The molecule has 1 N–H and O–H groups in total. The van der Waals surface area contributed by atoms with Gasteiger partial charge in [0.2, 0.25) is 0 Å². The summed E-state index contributed by atoms with van der Waals surface area (Å²) >= 11 is 0. The van der Waals surface area contributed by atoms with E-state index in [0.29, 0.717) is 6.54 Å². The molecule has 2 aromatic carbocycles. The molecule has 3 rings (SSSR count). The molecular weight excluding hydrogens is 268 g/mol. The summed E-state index contributed by atoms with van der Waals surface area (Å²) in [4.78, 5) is 12.6. The minimum Gasteiger partial charge on any atom is -0.733 e. The van der Waals surface area contributed by atoms with Crippen LogP contribution in [-0.2, 0) is 6.42 Å². The van der Waals surface area contributed by atoms with E-state index in [2.05, 4.69) is 0 Å². The van der Waals surface area contributed by atoms with Gasteiger partial charge in [0.15, 0.2) is 12.8 Å². The molecule has 1 aliphatic rings. The molecule has 5 nitrogen and oxygen atoms in total. The second kappa shape index (κ2) is 5.47. The highest BCUT2D eigenvalue weighted by Crippen LogP contribution is 2.20. The summed E-state index contributed by atoms with van der Waals surface area (Å²) in [6.45, 7) is 0.550. The second-order valence-corrected chi connectivity index (χ2v) is 4.87. The molecule has 0 aromatic heterocycles. The zero-order valence-electron chi connectivity index (χ0n) is 11.3. The van der Waals surface area contributed by atoms with Gasteiger partial charge >= 0.3 is 5.91 Å². The number of carbonyl (C=O) groups excluding carboxylic acids is 1. The van der Waals surface area contributed by atoms with Crippen LogP contribution in [0.25, 0.3) is 0 Å². The third-order valence-corrected chi connectivity index (χ3v) is 3.57. The third-order valence-electron chi connectivity index (χ3n) is 3.57. The van der Waals surface area contributed by atoms with E-state index in [1.807, 2.05) is 24.3 Å². The average molecular weight is 282 g/mol. The van der Waals surface area contributed by atoms with E-state index >= 15 is 0 Å². The van der Waals surface area contributed by atoms with E-state index in [1.54, 1.807) is 22.9 Å². The van der Waals surface area contributed by atoms with Gasteiger partial charge in [0.25, 0.3) is 0 Å². The molecular formula is C16H14N2O3. The summed E-state index contributed by atoms with van der Waals surface area (Å²) in [5.74, 6) is -0.296. The molecule has 2 aromatic rings. The van der Waals surface area contributed by atoms with Gasteiger partial charge in [-0.15, -0.1) is 0 Å². The van der Waals surface area contributed by atoms with Gasteiger partial charge in [0, 0.05) is 12.0 Å². The summed E-state index contributed by atoms with van der Waals surface area (Å²) in [7, 11) is 0. The molecule has 0 saturated carbocycles. The lowest BCUT2D eigenvalue weighted by Gasteiger charge is -2.23. The lowest BCUT2D eigenvalue weighted by atomic mass is 10.0. The van der Waals surface area contributed by atoms with Crippen LogP contribution in [0, 0.1) is 5.21 Å². The Balaban J connectivity index is 1.99. The highest BCUT2D eigenvalue weighted by Gasteiger charge is 2.26. The minimum atomic E-state index is -0.296. The van der Waals surface area contributed by atoms with Gasteiger partial charge in [0.1, 0.15) is 5.56 Å². The van der Waals surface area contributed by atoms with Crippen LogP contribution in [-0.4, -0.2) is 28.4 Å². The largest absolute Gasteiger partial charge is 0.733 e. The first-order valence-corrected chi connectivity index (χ1v) is 6.66. The number of hydrogen-bond donors (Lipinski definition) is 1. The van der Waals surface area contributed by atoms with Crippen LogP contribution in [0.3, 0.4) is 0 Å². The number of anilines is 1. The Morgan fingerprint density at radius 1 is 1.14 bits per heavy atom. The van der Waals surface area contributed by atoms with Crippen LogP contribution in [0.4, 0.5) is 5.69 Å². The minimum absolute atomic E-state index is 0.0465. The van der Waals surface area contributed by atoms with Crippen LogP contribution in [0.1, 0.15) is 21.5 Å². The van der Waals surface area contributed by atoms with Crippen molar-refractivity contribution in [2.24, 2.45) is 0 Å². The highest BCUT2D eigenvalue weighted by atomic mass is 16.8. The van der Waals surface area contributed by atoms with Crippen LogP contribution >= 0.6 is 0 Å². The highest BCUT2D eigenvalue weighted by molar-refractivity contribution is 5.97. The fraction of sp³-hybridized carbons (Fsp3) is 0.125. The molecule has 0 bridgehead atoms. The molecule has 21 heavy (non-hydrogen) atoms. The summed E-state index contributed by atoms with van der Waals surface area (Å²) in [5.41, 5.74) is 2.33. The van der Waals surface area contributed by atoms with E-state index in [1.165, 1.54) is 17.7 Å². The van der Waals surface area contributed by atoms with Gasteiger partial charge in [-0.25, -0.2) is 4.79 Å². The van der Waals surface area contributed by atoms with E-state index < -0.39 is 0 Å². The van der Waals surface area contributed by atoms with Crippen molar-refractivity contribution in [3.05, 3.63) is 70.4 Å². The lowest BCUT2D eigenvalue weighted by molar-refractivity contribution is -0.424. The monoisotopic (exact) mass is 282 g/mol. The smallest absolute Gasteiger partial charge is 0.421 e. The normalized spacial score (nSPS) is 13.3. The zero-order valence-corrected chi connectivity index (χ0v) is 11.3. The van der Waals surface area contributed by atoms with Crippen LogP contribution < -0.4 is 5.23 Å². The third kappa shape index (κ3) is 2.56. The lowest BCUT2D eigenvalue weighted by Crippen LogP contribution is -2.29. The van der Waals surface area contributed by atoms with Crippen LogP contribution in [0.5, 0.6) is 0 Å². The molecule has 1 amide bonds. The molecule has 0 saturated heterocycles. The van der Waals surface area contributed by atoms with Crippen molar-refractivity contribution in [2.45, 2.75) is 6.42 Å². The Hall–Kier alpha value is -2.50. The maximum absolute atomic E-state index is 12.6. The van der Waals surface area contributed by atoms with Crippen molar-refractivity contribution >= 4 is 17.8 Å². The molecule has 0 atom stereocenters. The van der Waals surface area contributed by atoms with Gasteiger partial charge in [-0.2, -0.15) is 4.58 Å². The fourth-order valence-electron chi connectivity index (χ4n) is 2.50. The summed E-state index contributed by atoms with van der Waals surface area (Å²) in [6, 6.07) is 14.1. The molecule has 0 fully saturated rings. The first kappa shape index (κ1) is 13.5. The number of carbonyl (C=O) groups is 1. The number of benzene rings is 2. The molecule has 1 heterocycles. The van der Waals surface area contributed by atoms with Gasteiger partial charge in [-0.05, 0) is 23.8 Å². The molecule has 0 unspecified atom stereocenters. The van der Waals surface area contributed by atoms with E-state index in [0.717, 1.165) is 12.0 Å². The number of hydrogen-bond acceptors (Lipinski definition) is 4. The summed E-state index contributed by atoms with van der Waals surface area (Å²) in [5, 5.41) is 20.0. The zero-order chi connectivity index (χ0) is 14.8. The summed E-state index contributed by atoms with van der Waals surface area (Å²) < 4.78 is 1.57. The maximum Gasteiger partial charge on any atom is 0.421 e. The molecule has 106 valence electrons. The number of nitrogens with zero attached hydrogens (tertiary/aromatic N) is 2. The van der Waals surface area contributed by atoms with Gasteiger partial charge in [-0.3, -0.25) is 5.21 Å². The Labute approximate surface area is 121 Å². The molecule has 0 aliphatic carbocycles. The molecule has 0 spiro atoms. The van der Waals surface area contributed by atoms with Crippen molar-refractivity contribution in [2.75, 3.05) is 11.8 Å². The topological polar surface area (TPSA) is 66.6 Å². The predicted octanol–water partition coefficient (Wildman–Crippen LogP) is 2.21. The second-order valence-electron chi connectivity index (χ2n) is 4.87. The van der Waals surface area contributed by atoms with E-state index in [4.69, 9.17) is 5.21 Å². The van der Waals surface area contributed by atoms with Gasteiger partial charge in [0.05, 0.1) is 5.69 Å². The Bertz CT molecular complexity index is 723. The molecule has 1 aliphatic heterocycles. The maximum atomic E-state index is 12.6. The first-order valence-electron chi connectivity index (χ1n) is 6.66. The quantitative estimate of drug-likeness (QED) is 0.677. The first-order chi connectivity index (χ1) is 10.2. The Morgan fingerprint density at radius 2 is 1.86 bits per heavy atom. The number of para-hydroxylation sites is 1. The number of rotatable bonds is 2. The molecule has 0 radical (unpaired) electrons. The van der Waals surface area contributed by atoms with Gasteiger partial charge in [-0.1, -0.05) is 30.3 Å². The van der Waals surface area contributed by atoms with Crippen LogP contribution in [0.2, 0.25) is 0 Å². The standard InChI is InChI=1S/C16H14N2O3/c19-16(14-7-3-4-8-15(14)18(20)21)17-10-9-12-5-1-2-6-13(12)11-17/h1-8,11,20H,9-10H2. The van der Waals surface area contributed by atoms with Crippen molar-refractivity contribution in [1.82, 2.24) is 0 Å². The van der Waals surface area contributed by atoms with E-state index in [-0.39, 0.29) is 22.4 Å². The van der Waals surface area contributed by atoms with Crippen molar-refractivity contribution in [3.63, 3.8) is 0 Å². The number of fused-ring (bicyclic) bond motifs is 1. The SMILES string of the molecule is O=C(c1ccccc1N([O-])O)[N+]1=Cc2ccccc2CC1. The average Bonchev–Trinajstić information content (AvgIpc) is 2.53. The van der Waals surface area contributed by atoms with Crippen LogP contribution in [0.15, 0.2) is 48.5 Å². The van der Waals surface area contributed by atoms with Crippen molar-refractivity contribution < 1.29 is 14.6 Å². The Morgan fingerprint density at radius 3 is 2.67 bits per heavy atom. The fourth-order valence-corrected chi connectivity index (χ4v) is 2.50. The number of amides is 1. The van der Waals surface area contributed by atoms with E-state index in [9.17, 15) is 10.0 Å². The molecule has 5 heteroatoms. The van der Waals surface area contributed by atoms with Crippen molar-refractivity contribution in [1.29, 1.82) is 0 Å². The Kier molecular flexibility index (Phi) is 3.51. The summed E-state index contributed by atoms with van der Waals surface area (Å²) in [6.07, 6.45) is 2.55. The predicted molar refractivity (Wildman–Crippen MR) is 78.8 cm³/mol. The van der Waals surface area contributed by atoms with Crippen molar-refractivity contribution in [3.8, 4) is 0 Å². The van der Waals surface area contributed by atoms with Gasteiger partial charge < -0.3 is 10.4 Å².